The van der Waals surface area contributed by atoms with Crippen molar-refractivity contribution in [3.63, 3.8) is 0 Å². The number of nitrogens with zero attached hydrogens (tertiary/aromatic N) is 3. The Bertz CT molecular complexity index is 1650. The second-order valence-corrected chi connectivity index (χ2v) is 9.71. The molecule has 0 aliphatic carbocycles. The Balaban J connectivity index is 0.00000304. The van der Waals surface area contributed by atoms with Crippen molar-refractivity contribution >= 4 is 78.3 Å². The van der Waals surface area contributed by atoms with E-state index in [0.717, 1.165) is 10.8 Å². The van der Waals surface area contributed by atoms with E-state index >= 15 is 0 Å². The van der Waals surface area contributed by atoms with Crippen molar-refractivity contribution in [1.82, 2.24) is 9.88 Å². The molecule has 0 bridgehead atoms. The van der Waals surface area contributed by atoms with E-state index in [1.54, 1.807) is 31.4 Å². The average Bonchev–Trinajstić information content (AvgIpc) is 3.29. The first-order valence-corrected chi connectivity index (χ1v) is 12.1. The van der Waals surface area contributed by atoms with E-state index in [9.17, 15) is 9.59 Å². The van der Waals surface area contributed by atoms with Gasteiger partial charge >= 0.3 is 5.63 Å². The van der Waals surface area contributed by atoms with Crippen LogP contribution < -0.4 is 15.3 Å². The van der Waals surface area contributed by atoms with Crippen LogP contribution in [-0.4, -0.2) is 50.1 Å². The zero-order valence-corrected chi connectivity index (χ0v) is 22.2. The highest BCUT2D eigenvalue weighted by atomic mass is 35.5. The van der Waals surface area contributed by atoms with Crippen LogP contribution in [0.25, 0.3) is 32.0 Å². The van der Waals surface area contributed by atoms with E-state index < -0.39 is 11.5 Å². The molecule has 5 aromatic rings. The van der Waals surface area contributed by atoms with Crippen molar-refractivity contribution in [2.75, 3.05) is 39.2 Å². The molecule has 10 heteroatoms. The molecule has 36 heavy (non-hydrogen) atoms. The Morgan fingerprint density at radius 2 is 1.86 bits per heavy atom. The van der Waals surface area contributed by atoms with Crippen LogP contribution in [0.15, 0.2) is 63.8 Å². The maximum Gasteiger partial charge on any atom is 0.349 e. The van der Waals surface area contributed by atoms with Crippen LogP contribution in [-0.2, 0) is 0 Å². The molecule has 0 unspecified atom stereocenters. The molecular weight excluding hydrogens is 521 g/mol. The van der Waals surface area contributed by atoms with Gasteiger partial charge in [0.1, 0.15) is 22.4 Å². The summed E-state index contributed by atoms with van der Waals surface area (Å²) in [7, 11) is 5.39. The highest BCUT2D eigenvalue weighted by Crippen LogP contribution is 2.39. The molecule has 0 aliphatic rings. The number of fused-ring (bicyclic) bond motifs is 4. The molecule has 0 aliphatic heterocycles. The van der Waals surface area contributed by atoms with Gasteiger partial charge in [-0.3, -0.25) is 9.69 Å². The van der Waals surface area contributed by atoms with Crippen LogP contribution in [0.2, 0.25) is 5.02 Å². The second-order valence-electron chi connectivity index (χ2n) is 8.33. The molecule has 2 aromatic heterocycles. The largest absolute Gasteiger partial charge is 0.494 e. The van der Waals surface area contributed by atoms with Crippen LogP contribution in [0.4, 0.5) is 5.13 Å². The van der Waals surface area contributed by atoms with Gasteiger partial charge in [0.05, 0.1) is 16.8 Å². The van der Waals surface area contributed by atoms with Gasteiger partial charge in [0.25, 0.3) is 5.91 Å². The molecule has 0 radical (unpaired) electrons. The molecule has 0 saturated carbocycles. The Morgan fingerprint density at radius 3 is 2.61 bits per heavy atom. The van der Waals surface area contributed by atoms with Gasteiger partial charge in [0.15, 0.2) is 5.13 Å². The molecule has 0 N–H and O–H groups in total. The van der Waals surface area contributed by atoms with Crippen LogP contribution in [0.5, 0.6) is 5.75 Å². The standard InChI is InChI=1S/C26H22ClN3O4S.ClH/c1-29(2)12-13-30(26-28-22-21(33-3)11-9-19(27)23(22)35-26)24(31)18-14-17-16-7-5-4-6-15(16)8-10-20(17)34-25(18)32;/h4-11,14H,12-13H2,1-3H3;1H. The Morgan fingerprint density at radius 1 is 1.08 bits per heavy atom. The molecule has 0 fully saturated rings. The molecular formula is C26H23Cl2N3O4S. The quantitative estimate of drug-likeness (QED) is 0.197. The summed E-state index contributed by atoms with van der Waals surface area (Å²) in [6, 6.07) is 16.5. The molecule has 3 aromatic carbocycles. The predicted molar refractivity (Wildman–Crippen MR) is 149 cm³/mol. The van der Waals surface area contributed by atoms with Gasteiger partial charge in [0.2, 0.25) is 0 Å². The van der Waals surface area contributed by atoms with Crippen molar-refractivity contribution in [2.45, 2.75) is 0 Å². The number of methoxy groups -OCH3 is 1. The number of carbonyl (C=O) groups is 1. The van der Waals surface area contributed by atoms with Gasteiger partial charge in [-0.25, -0.2) is 9.78 Å². The number of aromatic nitrogens is 1. The van der Waals surface area contributed by atoms with E-state index in [1.807, 2.05) is 49.3 Å². The van der Waals surface area contributed by atoms with Gasteiger partial charge in [-0.2, -0.15) is 0 Å². The number of carbonyl (C=O) groups excluding carboxylic acids is 1. The maximum absolute atomic E-state index is 13.8. The van der Waals surface area contributed by atoms with Gasteiger partial charge < -0.3 is 14.1 Å². The molecule has 1 amide bonds. The number of ether oxygens (including phenoxy) is 1. The Kier molecular flexibility index (Phi) is 7.51. The third-order valence-corrected chi connectivity index (χ3v) is 7.33. The van der Waals surface area contributed by atoms with Gasteiger partial charge in [0, 0.05) is 18.5 Å². The summed E-state index contributed by atoms with van der Waals surface area (Å²) >= 11 is 7.69. The monoisotopic (exact) mass is 543 g/mol. The third kappa shape index (κ3) is 4.65. The molecule has 2 heterocycles. The van der Waals surface area contributed by atoms with Crippen molar-refractivity contribution in [1.29, 1.82) is 0 Å². The van der Waals surface area contributed by atoms with Crippen LogP contribution in [0.3, 0.4) is 0 Å². The fourth-order valence-corrected chi connectivity index (χ4v) is 5.25. The minimum absolute atomic E-state index is 0. The SMILES string of the molecule is COc1ccc(Cl)c2sc(N(CCN(C)C)C(=O)c3cc4c(ccc5ccccc54)oc3=O)nc12.Cl. The van der Waals surface area contributed by atoms with Crippen molar-refractivity contribution < 1.29 is 13.9 Å². The van der Waals surface area contributed by atoms with E-state index in [4.69, 9.17) is 20.8 Å². The van der Waals surface area contributed by atoms with Crippen LogP contribution >= 0.6 is 35.3 Å². The highest BCUT2D eigenvalue weighted by Gasteiger charge is 2.26. The first-order valence-electron chi connectivity index (χ1n) is 10.9. The van der Waals surface area contributed by atoms with Crippen molar-refractivity contribution in [2.24, 2.45) is 0 Å². The molecule has 0 atom stereocenters. The summed E-state index contributed by atoms with van der Waals surface area (Å²) in [5.74, 6) is 0.0770. The Hall–Kier alpha value is -3.17. The minimum atomic E-state index is -0.690. The molecule has 0 saturated heterocycles. The summed E-state index contributed by atoms with van der Waals surface area (Å²) < 4.78 is 11.7. The number of hydrogen-bond donors (Lipinski definition) is 0. The third-order valence-electron chi connectivity index (χ3n) is 5.79. The normalized spacial score (nSPS) is 11.2. The van der Waals surface area contributed by atoms with E-state index in [-0.39, 0.29) is 18.0 Å². The van der Waals surface area contributed by atoms with E-state index in [2.05, 4.69) is 4.98 Å². The average molecular weight is 544 g/mol. The minimum Gasteiger partial charge on any atom is -0.494 e. The highest BCUT2D eigenvalue weighted by molar-refractivity contribution is 7.23. The Labute approximate surface area is 222 Å². The van der Waals surface area contributed by atoms with Crippen molar-refractivity contribution in [3.05, 3.63) is 75.6 Å². The first-order chi connectivity index (χ1) is 16.9. The van der Waals surface area contributed by atoms with Crippen LogP contribution in [0.1, 0.15) is 10.4 Å². The molecule has 0 spiro atoms. The summed E-state index contributed by atoms with van der Waals surface area (Å²) in [5, 5.41) is 3.54. The zero-order chi connectivity index (χ0) is 24.7. The lowest BCUT2D eigenvalue weighted by atomic mass is 10.0. The zero-order valence-electron chi connectivity index (χ0n) is 19.8. The fraction of sp³-hybridized carbons (Fsp3) is 0.192. The fourth-order valence-electron chi connectivity index (χ4n) is 3.97. The summed E-state index contributed by atoms with van der Waals surface area (Å²) in [6.07, 6.45) is 0. The lowest BCUT2D eigenvalue weighted by molar-refractivity contribution is 0.0982. The van der Waals surface area contributed by atoms with Gasteiger partial charge in [-0.1, -0.05) is 53.3 Å². The number of thiazole rings is 1. The number of likely N-dealkylation sites (N-methyl/N-ethyl adjacent to an activating group) is 1. The maximum atomic E-state index is 13.8. The molecule has 186 valence electrons. The number of amides is 1. The lowest BCUT2D eigenvalue weighted by Gasteiger charge is -2.21. The van der Waals surface area contributed by atoms with Crippen LogP contribution in [0, 0.1) is 0 Å². The number of benzene rings is 3. The number of anilines is 1. The van der Waals surface area contributed by atoms with Gasteiger partial charge in [-0.15, -0.1) is 12.4 Å². The summed E-state index contributed by atoms with van der Waals surface area (Å²) in [6.45, 7) is 0.882. The smallest absolute Gasteiger partial charge is 0.349 e. The van der Waals surface area contributed by atoms with E-state index in [1.165, 1.54) is 16.2 Å². The predicted octanol–water partition coefficient (Wildman–Crippen LogP) is 5.85. The lowest BCUT2D eigenvalue weighted by Crippen LogP contribution is -2.38. The molecule has 5 rings (SSSR count). The summed E-state index contributed by atoms with van der Waals surface area (Å²) in [5.41, 5.74) is 0.259. The first kappa shape index (κ1) is 25.9. The van der Waals surface area contributed by atoms with Crippen molar-refractivity contribution in [3.8, 4) is 5.75 Å². The number of halogens is 2. The van der Waals surface area contributed by atoms with E-state index in [0.29, 0.717) is 50.2 Å². The summed E-state index contributed by atoms with van der Waals surface area (Å²) in [4.78, 5) is 34.9. The number of rotatable bonds is 6. The van der Waals surface area contributed by atoms with Gasteiger partial charge in [-0.05, 0) is 49.1 Å². The topological polar surface area (TPSA) is 75.9 Å². The number of hydrogen-bond acceptors (Lipinski definition) is 7. The second kappa shape index (κ2) is 10.4. The molecule has 7 nitrogen and oxygen atoms in total.